The third-order valence-corrected chi connectivity index (χ3v) is 13.5. The molecule has 6 heteroatoms. The molecule has 0 amide bonds. The number of carbonyl (C=O) groups excluding carboxylic acids is 3. The molecule has 0 N–H and O–H groups in total. The van der Waals surface area contributed by atoms with Crippen molar-refractivity contribution in [3.63, 3.8) is 0 Å². The van der Waals surface area contributed by atoms with Gasteiger partial charge in [0.05, 0.1) is 0 Å². The lowest BCUT2D eigenvalue weighted by molar-refractivity contribution is -0.167. The Morgan fingerprint density at radius 3 is 0.887 bits per heavy atom. The zero-order valence-electron chi connectivity index (χ0n) is 47.2. The van der Waals surface area contributed by atoms with E-state index in [0.717, 1.165) is 83.5 Å². The van der Waals surface area contributed by atoms with E-state index in [9.17, 15) is 14.4 Å². The summed E-state index contributed by atoms with van der Waals surface area (Å²) in [5, 5.41) is 0. The van der Waals surface area contributed by atoms with Crippen molar-refractivity contribution in [2.75, 3.05) is 13.2 Å². The predicted molar refractivity (Wildman–Crippen MR) is 307 cm³/mol. The monoisotopic (exact) mass is 993 g/mol. The van der Waals surface area contributed by atoms with Gasteiger partial charge in [0.2, 0.25) is 0 Å². The van der Waals surface area contributed by atoms with Crippen molar-refractivity contribution in [2.45, 2.75) is 322 Å². The number of hydrogen-bond acceptors (Lipinski definition) is 6. The quantitative estimate of drug-likeness (QED) is 0.0261. The van der Waals surface area contributed by atoms with Crippen molar-refractivity contribution in [1.82, 2.24) is 0 Å². The Morgan fingerprint density at radius 2 is 0.549 bits per heavy atom. The highest BCUT2D eigenvalue weighted by molar-refractivity contribution is 5.71. The predicted octanol–water partition coefficient (Wildman–Crippen LogP) is 20.8. The molecule has 71 heavy (non-hydrogen) atoms. The first kappa shape index (κ1) is 68.1. The highest BCUT2D eigenvalue weighted by atomic mass is 16.6. The molecule has 0 heterocycles. The number of rotatable bonds is 56. The molecule has 0 aliphatic carbocycles. The highest BCUT2D eigenvalue weighted by Gasteiger charge is 2.19. The van der Waals surface area contributed by atoms with Crippen LogP contribution in [0.25, 0.3) is 0 Å². The lowest BCUT2D eigenvalue weighted by atomic mass is 10.0. The fourth-order valence-electron chi connectivity index (χ4n) is 8.86. The van der Waals surface area contributed by atoms with Gasteiger partial charge in [-0.05, 0) is 103 Å². The van der Waals surface area contributed by atoms with E-state index in [2.05, 4.69) is 81.5 Å². The first-order valence-corrected chi connectivity index (χ1v) is 30.8. The second-order valence-electron chi connectivity index (χ2n) is 20.6. The summed E-state index contributed by atoms with van der Waals surface area (Å²) in [7, 11) is 0. The minimum atomic E-state index is -0.789. The van der Waals surface area contributed by atoms with Crippen molar-refractivity contribution in [2.24, 2.45) is 0 Å². The average molecular weight is 994 g/mol. The molecule has 0 aromatic carbocycles. The number of esters is 3. The van der Waals surface area contributed by atoms with E-state index in [4.69, 9.17) is 14.2 Å². The van der Waals surface area contributed by atoms with Crippen LogP contribution < -0.4 is 0 Å². The van der Waals surface area contributed by atoms with Crippen molar-refractivity contribution in [1.29, 1.82) is 0 Å². The van der Waals surface area contributed by atoms with Gasteiger partial charge < -0.3 is 14.2 Å². The van der Waals surface area contributed by atoms with Crippen LogP contribution in [0, 0.1) is 0 Å². The van der Waals surface area contributed by atoms with Crippen LogP contribution in [0.4, 0.5) is 0 Å². The summed E-state index contributed by atoms with van der Waals surface area (Å²) >= 11 is 0. The number of allylic oxidation sites excluding steroid dienone is 10. The minimum Gasteiger partial charge on any atom is -0.462 e. The van der Waals surface area contributed by atoms with Gasteiger partial charge in [0.15, 0.2) is 6.10 Å². The summed E-state index contributed by atoms with van der Waals surface area (Å²) in [6.07, 6.45) is 75.1. The summed E-state index contributed by atoms with van der Waals surface area (Å²) in [4.78, 5) is 38.2. The van der Waals surface area contributed by atoms with Gasteiger partial charge >= 0.3 is 17.9 Å². The number of hydrogen-bond donors (Lipinski definition) is 0. The summed E-state index contributed by atoms with van der Waals surface area (Å²) in [6, 6.07) is 0. The third kappa shape index (κ3) is 57.9. The molecule has 412 valence electrons. The van der Waals surface area contributed by atoms with Gasteiger partial charge in [-0.2, -0.15) is 0 Å². The van der Waals surface area contributed by atoms with Crippen LogP contribution in [0.1, 0.15) is 316 Å². The molecule has 0 saturated carbocycles. The summed E-state index contributed by atoms with van der Waals surface area (Å²) in [5.74, 6) is -0.907. The van der Waals surface area contributed by atoms with Gasteiger partial charge in [-0.1, -0.05) is 255 Å². The van der Waals surface area contributed by atoms with Crippen LogP contribution in [-0.2, 0) is 28.6 Å². The molecule has 0 saturated heterocycles. The average Bonchev–Trinajstić information content (AvgIpc) is 3.37. The lowest BCUT2D eigenvalue weighted by Gasteiger charge is -2.18. The molecule has 0 spiro atoms. The van der Waals surface area contributed by atoms with E-state index in [1.807, 2.05) is 0 Å². The molecule has 0 fully saturated rings. The number of ether oxygens (including phenoxy) is 3. The largest absolute Gasteiger partial charge is 0.462 e. The zero-order valence-corrected chi connectivity index (χ0v) is 47.2. The first-order valence-electron chi connectivity index (χ1n) is 30.8. The van der Waals surface area contributed by atoms with Crippen LogP contribution in [0.15, 0.2) is 60.8 Å². The summed E-state index contributed by atoms with van der Waals surface area (Å²) < 4.78 is 16.9. The Morgan fingerprint density at radius 1 is 0.296 bits per heavy atom. The molecule has 0 aromatic rings. The summed E-state index contributed by atoms with van der Waals surface area (Å²) in [5.41, 5.74) is 0. The van der Waals surface area contributed by atoms with Crippen LogP contribution >= 0.6 is 0 Å². The Labute approximate surface area is 440 Å². The maximum atomic E-state index is 12.9. The molecular weight excluding hydrogens is 877 g/mol. The van der Waals surface area contributed by atoms with E-state index in [1.54, 1.807) is 0 Å². The van der Waals surface area contributed by atoms with E-state index >= 15 is 0 Å². The van der Waals surface area contributed by atoms with Crippen LogP contribution in [0.2, 0.25) is 0 Å². The standard InChI is InChI=1S/C65H116O6/c1-4-7-10-13-16-19-22-25-27-29-30-31-32-33-34-36-37-40-43-46-49-52-55-58-64(67)70-61-62(60-69-63(66)57-54-51-48-45-42-39-24-21-18-15-12-9-6-3)71-65(68)59-56-53-50-47-44-41-38-35-28-26-23-20-17-14-11-8-5-2/h9,12,18,21,26,28-30,39,42,62H,4-8,10-11,13-17,19-20,22-25,27,31-38,40-41,43-61H2,1-3H3/b12-9-,21-18-,28-26-,30-29-,42-39-. The van der Waals surface area contributed by atoms with Crippen LogP contribution in [-0.4, -0.2) is 37.2 Å². The van der Waals surface area contributed by atoms with Crippen LogP contribution in [0.5, 0.6) is 0 Å². The second-order valence-corrected chi connectivity index (χ2v) is 20.6. The van der Waals surface area contributed by atoms with Gasteiger partial charge in [-0.15, -0.1) is 0 Å². The topological polar surface area (TPSA) is 78.9 Å². The SMILES string of the molecule is CC/C=C\C/C=C\C/C=C\CCCCCC(=O)OCC(COC(=O)CCCCCCCCCCCCC/C=C\CCCCCCCCCC)OC(=O)CCCCCCCCC/C=C\CCCCCCCC. The fourth-order valence-corrected chi connectivity index (χ4v) is 8.86. The lowest BCUT2D eigenvalue weighted by Crippen LogP contribution is -2.30. The molecule has 0 bridgehead atoms. The maximum Gasteiger partial charge on any atom is 0.306 e. The molecule has 6 nitrogen and oxygen atoms in total. The van der Waals surface area contributed by atoms with Crippen molar-refractivity contribution in [3.05, 3.63) is 60.8 Å². The molecule has 0 aromatic heterocycles. The number of carbonyl (C=O) groups is 3. The molecule has 1 unspecified atom stereocenters. The Hall–Kier alpha value is -2.89. The molecule has 0 rings (SSSR count). The highest BCUT2D eigenvalue weighted by Crippen LogP contribution is 2.16. The van der Waals surface area contributed by atoms with E-state index in [-0.39, 0.29) is 31.1 Å². The Kier molecular flexibility index (Phi) is 57.2. The molecule has 0 aliphatic rings. The van der Waals surface area contributed by atoms with E-state index in [0.29, 0.717) is 19.3 Å². The van der Waals surface area contributed by atoms with Gasteiger partial charge in [0.25, 0.3) is 0 Å². The van der Waals surface area contributed by atoms with Crippen LogP contribution in [0.3, 0.4) is 0 Å². The number of unbranched alkanes of at least 4 members (excludes halogenated alkanes) is 35. The van der Waals surface area contributed by atoms with E-state index in [1.165, 1.54) is 193 Å². The van der Waals surface area contributed by atoms with Crippen molar-refractivity contribution < 1.29 is 28.6 Å². The van der Waals surface area contributed by atoms with Crippen molar-refractivity contribution in [3.8, 4) is 0 Å². The van der Waals surface area contributed by atoms with Gasteiger partial charge in [-0.25, -0.2) is 0 Å². The fraction of sp³-hybridized carbons (Fsp3) is 0.800. The Bertz CT molecular complexity index is 1280. The Balaban J connectivity index is 4.31. The smallest absolute Gasteiger partial charge is 0.306 e. The first-order chi connectivity index (χ1) is 35.0. The normalized spacial score (nSPS) is 12.4. The maximum absolute atomic E-state index is 12.9. The van der Waals surface area contributed by atoms with Gasteiger partial charge in [0, 0.05) is 19.3 Å². The minimum absolute atomic E-state index is 0.0842. The molecule has 0 aliphatic heterocycles. The van der Waals surface area contributed by atoms with Gasteiger partial charge in [0.1, 0.15) is 13.2 Å². The van der Waals surface area contributed by atoms with Crippen molar-refractivity contribution >= 4 is 17.9 Å². The summed E-state index contributed by atoms with van der Waals surface area (Å²) in [6.45, 7) is 6.53. The molecule has 1 atom stereocenters. The molecule has 0 radical (unpaired) electrons. The zero-order chi connectivity index (χ0) is 51.4. The van der Waals surface area contributed by atoms with E-state index < -0.39 is 6.10 Å². The van der Waals surface area contributed by atoms with Gasteiger partial charge in [-0.3, -0.25) is 14.4 Å². The second kappa shape index (κ2) is 59.7. The molecular formula is C65H116O6. The third-order valence-electron chi connectivity index (χ3n) is 13.5.